The van der Waals surface area contributed by atoms with Crippen LogP contribution < -0.4 is 15.5 Å². The number of benzene rings is 1. The normalized spacial score (nSPS) is 22.2. The zero-order valence-corrected chi connectivity index (χ0v) is 15.6. The first-order valence-corrected chi connectivity index (χ1v) is 9.46. The molecule has 0 spiro atoms. The molecule has 136 valence electrons. The molecule has 2 N–H and O–H groups in total. The summed E-state index contributed by atoms with van der Waals surface area (Å²) in [6.45, 7) is 6.65. The van der Waals surface area contributed by atoms with Gasteiger partial charge in [0.05, 0.1) is 10.7 Å². The van der Waals surface area contributed by atoms with Gasteiger partial charge in [0.15, 0.2) is 0 Å². The van der Waals surface area contributed by atoms with Crippen molar-refractivity contribution in [2.24, 2.45) is 11.8 Å². The summed E-state index contributed by atoms with van der Waals surface area (Å²) in [7, 11) is 0. The van der Waals surface area contributed by atoms with Gasteiger partial charge < -0.3 is 10.2 Å². The Morgan fingerprint density at radius 2 is 1.92 bits per heavy atom. The van der Waals surface area contributed by atoms with Crippen LogP contribution in [-0.2, 0) is 9.59 Å². The van der Waals surface area contributed by atoms with E-state index in [1.807, 2.05) is 18.2 Å². The van der Waals surface area contributed by atoms with Crippen molar-refractivity contribution in [3.8, 4) is 0 Å². The predicted molar refractivity (Wildman–Crippen MR) is 101 cm³/mol. The lowest BCUT2D eigenvalue weighted by atomic mass is 9.86. The van der Waals surface area contributed by atoms with E-state index < -0.39 is 0 Å². The van der Waals surface area contributed by atoms with Gasteiger partial charge in [-0.05, 0) is 49.3 Å². The highest BCUT2D eigenvalue weighted by atomic mass is 35.5. The van der Waals surface area contributed by atoms with E-state index in [0.717, 1.165) is 36.3 Å². The third-order valence-corrected chi connectivity index (χ3v) is 5.65. The van der Waals surface area contributed by atoms with E-state index in [2.05, 4.69) is 29.4 Å². The molecule has 2 saturated heterocycles. The average molecular weight is 364 g/mol. The minimum Gasteiger partial charge on any atom is -0.374 e. The van der Waals surface area contributed by atoms with E-state index >= 15 is 0 Å². The minimum absolute atomic E-state index is 0.207. The van der Waals surface area contributed by atoms with Gasteiger partial charge in [-0.25, -0.2) is 0 Å². The van der Waals surface area contributed by atoms with E-state index in [4.69, 9.17) is 11.6 Å². The number of imide groups is 1. The van der Waals surface area contributed by atoms with E-state index in [1.54, 1.807) is 0 Å². The van der Waals surface area contributed by atoms with Crippen molar-refractivity contribution < 1.29 is 9.59 Å². The number of halogens is 1. The Morgan fingerprint density at radius 1 is 1.20 bits per heavy atom. The monoisotopic (exact) mass is 363 g/mol. The van der Waals surface area contributed by atoms with Crippen LogP contribution >= 0.6 is 11.6 Å². The van der Waals surface area contributed by atoms with Crippen molar-refractivity contribution in [1.29, 1.82) is 0 Å². The van der Waals surface area contributed by atoms with Crippen molar-refractivity contribution in [2.75, 3.05) is 23.3 Å². The third-order valence-electron chi connectivity index (χ3n) is 5.35. The van der Waals surface area contributed by atoms with Gasteiger partial charge in [0, 0.05) is 25.2 Å². The van der Waals surface area contributed by atoms with Crippen molar-refractivity contribution in [3.63, 3.8) is 0 Å². The predicted octanol–water partition coefficient (Wildman–Crippen LogP) is 3.43. The van der Waals surface area contributed by atoms with Crippen molar-refractivity contribution in [1.82, 2.24) is 5.32 Å². The molecule has 2 heterocycles. The molecule has 0 radical (unpaired) electrons. The Bertz CT molecular complexity index is 654. The average Bonchev–Trinajstić information content (AvgIpc) is 2.58. The number of nitrogens with one attached hydrogen (secondary N) is 2. The summed E-state index contributed by atoms with van der Waals surface area (Å²) < 4.78 is 0. The fourth-order valence-corrected chi connectivity index (χ4v) is 3.99. The molecular weight excluding hydrogens is 338 g/mol. The number of piperidine rings is 2. The highest BCUT2D eigenvalue weighted by Gasteiger charge is 2.27. The topological polar surface area (TPSA) is 61.4 Å². The molecule has 2 aliphatic rings. The molecule has 0 aromatic heterocycles. The molecule has 3 rings (SSSR count). The minimum atomic E-state index is -0.388. The summed E-state index contributed by atoms with van der Waals surface area (Å²) in [4.78, 5) is 25.4. The first kappa shape index (κ1) is 18.1. The fraction of sp³-hybridized carbons (Fsp3) is 0.579. The van der Waals surface area contributed by atoms with Crippen LogP contribution in [0.1, 0.15) is 39.5 Å². The summed E-state index contributed by atoms with van der Waals surface area (Å²) in [5.74, 6) is 1.05. The second kappa shape index (κ2) is 7.65. The van der Waals surface area contributed by atoms with Crippen LogP contribution in [0.3, 0.4) is 0 Å². The van der Waals surface area contributed by atoms with Gasteiger partial charge >= 0.3 is 0 Å². The molecule has 1 aromatic carbocycles. The second-order valence-corrected chi connectivity index (χ2v) is 7.79. The lowest BCUT2D eigenvalue weighted by Gasteiger charge is -2.36. The van der Waals surface area contributed by atoms with Crippen molar-refractivity contribution >= 4 is 34.8 Å². The summed E-state index contributed by atoms with van der Waals surface area (Å²) in [5, 5.41) is 6.23. The van der Waals surface area contributed by atoms with E-state index in [-0.39, 0.29) is 17.9 Å². The number of carbonyl (C=O) groups is 2. The van der Waals surface area contributed by atoms with Gasteiger partial charge in [0.25, 0.3) is 0 Å². The SMILES string of the molecule is CC(C)C1CCN(c2ccc(NC3CCC(=O)NC3=O)cc2Cl)CC1. The molecule has 1 unspecified atom stereocenters. The Balaban J connectivity index is 1.63. The van der Waals surface area contributed by atoms with Crippen LogP contribution in [0, 0.1) is 11.8 Å². The number of nitrogens with zero attached hydrogens (tertiary/aromatic N) is 1. The van der Waals surface area contributed by atoms with Crippen LogP contribution in [0.4, 0.5) is 11.4 Å². The number of hydrogen-bond acceptors (Lipinski definition) is 4. The van der Waals surface area contributed by atoms with Crippen LogP contribution in [0.5, 0.6) is 0 Å². The molecule has 2 amide bonds. The van der Waals surface area contributed by atoms with Gasteiger partial charge in [-0.15, -0.1) is 0 Å². The van der Waals surface area contributed by atoms with E-state index in [1.165, 1.54) is 12.8 Å². The maximum absolute atomic E-state index is 11.9. The molecule has 6 heteroatoms. The molecule has 1 atom stereocenters. The Kier molecular flexibility index (Phi) is 5.52. The van der Waals surface area contributed by atoms with Gasteiger partial charge in [-0.1, -0.05) is 25.4 Å². The number of hydrogen-bond donors (Lipinski definition) is 2. The molecule has 1 aromatic rings. The molecule has 0 bridgehead atoms. The highest BCUT2D eigenvalue weighted by molar-refractivity contribution is 6.33. The molecule has 0 saturated carbocycles. The van der Waals surface area contributed by atoms with Gasteiger partial charge in [-0.2, -0.15) is 0 Å². The van der Waals surface area contributed by atoms with E-state index in [9.17, 15) is 9.59 Å². The van der Waals surface area contributed by atoms with Crippen LogP contribution in [0.2, 0.25) is 5.02 Å². The first-order chi connectivity index (χ1) is 11.9. The summed E-state index contributed by atoms with van der Waals surface area (Å²) in [5.41, 5.74) is 1.86. The van der Waals surface area contributed by atoms with Crippen LogP contribution in [0.15, 0.2) is 18.2 Å². The number of rotatable bonds is 4. The maximum Gasteiger partial charge on any atom is 0.249 e. The van der Waals surface area contributed by atoms with Crippen LogP contribution in [0.25, 0.3) is 0 Å². The molecule has 2 fully saturated rings. The zero-order chi connectivity index (χ0) is 18.0. The van der Waals surface area contributed by atoms with Gasteiger partial charge in [0.1, 0.15) is 6.04 Å². The lowest BCUT2D eigenvalue weighted by Crippen LogP contribution is -2.47. The standard InChI is InChI=1S/C19H26ClN3O2/c1-12(2)13-7-9-23(10-8-13)17-5-3-14(11-15(17)20)21-16-4-6-18(24)22-19(16)25/h3,5,11-13,16,21H,4,6-10H2,1-2H3,(H,22,24,25). The largest absolute Gasteiger partial charge is 0.374 e. The third kappa shape index (κ3) is 4.27. The summed E-state index contributed by atoms with van der Waals surface area (Å²) in [6, 6.07) is 5.46. The Morgan fingerprint density at radius 3 is 2.52 bits per heavy atom. The van der Waals surface area contributed by atoms with Gasteiger partial charge in [0.2, 0.25) is 11.8 Å². The molecule has 0 aliphatic carbocycles. The molecule has 2 aliphatic heterocycles. The lowest BCUT2D eigenvalue weighted by molar-refractivity contribution is -0.133. The summed E-state index contributed by atoms with van der Waals surface area (Å²) >= 11 is 6.50. The second-order valence-electron chi connectivity index (χ2n) is 7.38. The fourth-order valence-electron chi connectivity index (χ4n) is 3.69. The maximum atomic E-state index is 11.9. The number of anilines is 2. The summed E-state index contributed by atoms with van der Waals surface area (Å²) in [6.07, 6.45) is 3.27. The Hall–Kier alpha value is -1.75. The smallest absolute Gasteiger partial charge is 0.249 e. The quantitative estimate of drug-likeness (QED) is 0.804. The number of carbonyl (C=O) groups excluding carboxylic acids is 2. The van der Waals surface area contributed by atoms with E-state index in [0.29, 0.717) is 17.9 Å². The van der Waals surface area contributed by atoms with Crippen molar-refractivity contribution in [3.05, 3.63) is 23.2 Å². The zero-order valence-electron chi connectivity index (χ0n) is 14.8. The van der Waals surface area contributed by atoms with Gasteiger partial charge in [-0.3, -0.25) is 14.9 Å². The van der Waals surface area contributed by atoms with Crippen LogP contribution in [-0.4, -0.2) is 30.9 Å². The van der Waals surface area contributed by atoms with Crippen molar-refractivity contribution in [2.45, 2.75) is 45.6 Å². The molecular formula is C19H26ClN3O2. The number of amides is 2. The molecule has 5 nitrogen and oxygen atoms in total. The Labute approximate surface area is 154 Å². The highest BCUT2D eigenvalue weighted by Crippen LogP contribution is 2.33. The first-order valence-electron chi connectivity index (χ1n) is 9.09. The molecule has 25 heavy (non-hydrogen) atoms.